The smallest absolute Gasteiger partial charge is 0.416 e. The van der Waals surface area contributed by atoms with Crippen LogP contribution in [-0.4, -0.2) is 31.0 Å². The zero-order valence-corrected chi connectivity index (χ0v) is 14.7. The summed E-state index contributed by atoms with van der Waals surface area (Å²) in [6, 6.07) is 12.2. The number of rotatable bonds is 2. The average molecular weight is 373 g/mol. The molecular formula is C21H18F3NO2. The number of alkyl halides is 3. The van der Waals surface area contributed by atoms with E-state index < -0.39 is 11.7 Å². The summed E-state index contributed by atoms with van der Waals surface area (Å²) in [5, 5.41) is 0. The van der Waals surface area contributed by atoms with Crippen molar-refractivity contribution in [1.29, 1.82) is 0 Å². The second-order valence-electron chi connectivity index (χ2n) is 6.34. The van der Waals surface area contributed by atoms with Gasteiger partial charge in [0.25, 0.3) is 5.91 Å². The van der Waals surface area contributed by atoms with E-state index in [0.717, 1.165) is 29.9 Å². The Morgan fingerprint density at radius 2 is 1.78 bits per heavy atom. The summed E-state index contributed by atoms with van der Waals surface area (Å²) in [5.74, 6) is 5.88. The number of ether oxygens (including phenoxy) is 1. The molecule has 1 amide bonds. The number of hydrogen-bond acceptors (Lipinski definition) is 2. The van der Waals surface area contributed by atoms with Crippen LogP contribution in [0.3, 0.4) is 0 Å². The van der Waals surface area contributed by atoms with Crippen LogP contribution in [0, 0.1) is 11.8 Å². The van der Waals surface area contributed by atoms with Gasteiger partial charge in [-0.1, -0.05) is 18.1 Å². The summed E-state index contributed by atoms with van der Waals surface area (Å²) in [7, 11) is 1.61. The molecule has 3 nitrogen and oxygen atoms in total. The number of nitrogens with zero attached hydrogens (tertiary/aromatic N) is 1. The Hall–Kier alpha value is -2.94. The van der Waals surface area contributed by atoms with Gasteiger partial charge in [0.2, 0.25) is 0 Å². The van der Waals surface area contributed by atoms with Crippen molar-refractivity contribution in [1.82, 2.24) is 4.90 Å². The van der Waals surface area contributed by atoms with Gasteiger partial charge in [0, 0.05) is 30.5 Å². The Balaban J connectivity index is 1.61. The lowest BCUT2D eigenvalue weighted by molar-refractivity contribution is -0.137. The lowest BCUT2D eigenvalue weighted by Crippen LogP contribution is -2.26. The number of halogens is 3. The molecule has 0 aromatic heterocycles. The number of amides is 1. The van der Waals surface area contributed by atoms with Gasteiger partial charge in [0.1, 0.15) is 5.75 Å². The molecule has 1 atom stereocenters. The van der Waals surface area contributed by atoms with Crippen molar-refractivity contribution in [2.75, 3.05) is 20.2 Å². The number of likely N-dealkylation sites (tertiary alicyclic amines) is 1. The largest absolute Gasteiger partial charge is 0.497 e. The summed E-state index contributed by atoms with van der Waals surface area (Å²) in [5.41, 5.74) is 0.783. The first-order valence-electron chi connectivity index (χ1n) is 8.49. The highest BCUT2D eigenvalue weighted by atomic mass is 19.4. The highest BCUT2D eigenvalue weighted by molar-refractivity contribution is 5.94. The van der Waals surface area contributed by atoms with Crippen molar-refractivity contribution in [3.05, 3.63) is 65.2 Å². The fraction of sp³-hybridized carbons (Fsp3) is 0.286. The minimum absolute atomic E-state index is 0.243. The van der Waals surface area contributed by atoms with Gasteiger partial charge < -0.3 is 9.64 Å². The fourth-order valence-corrected chi connectivity index (χ4v) is 3.04. The first-order valence-corrected chi connectivity index (χ1v) is 8.49. The molecule has 1 heterocycles. The number of hydrogen-bond donors (Lipinski definition) is 0. The second-order valence-corrected chi connectivity index (χ2v) is 6.34. The quantitative estimate of drug-likeness (QED) is 0.743. The Morgan fingerprint density at radius 3 is 2.37 bits per heavy atom. The van der Waals surface area contributed by atoms with Gasteiger partial charge >= 0.3 is 6.18 Å². The summed E-state index contributed by atoms with van der Waals surface area (Å²) in [6.07, 6.45) is -3.53. The van der Waals surface area contributed by atoms with Crippen LogP contribution in [0.4, 0.5) is 13.2 Å². The summed E-state index contributed by atoms with van der Waals surface area (Å²) in [6.45, 7) is 1.18. The zero-order valence-electron chi connectivity index (χ0n) is 14.7. The van der Waals surface area contributed by atoms with Crippen LogP contribution in [-0.2, 0) is 11.0 Å². The van der Waals surface area contributed by atoms with Gasteiger partial charge in [-0.15, -0.1) is 0 Å². The summed E-state index contributed by atoms with van der Waals surface area (Å²) in [4.78, 5) is 13.9. The van der Waals surface area contributed by atoms with E-state index in [1.165, 1.54) is 12.1 Å². The molecule has 6 heteroatoms. The van der Waals surface area contributed by atoms with Crippen LogP contribution in [0.2, 0.25) is 0 Å². The van der Waals surface area contributed by atoms with E-state index >= 15 is 0 Å². The van der Waals surface area contributed by atoms with E-state index in [1.54, 1.807) is 12.0 Å². The van der Waals surface area contributed by atoms with Gasteiger partial charge in [0.15, 0.2) is 0 Å². The van der Waals surface area contributed by atoms with Crippen molar-refractivity contribution in [2.45, 2.75) is 18.5 Å². The third-order valence-electron chi connectivity index (χ3n) is 4.59. The first kappa shape index (κ1) is 18.8. The van der Waals surface area contributed by atoms with Crippen LogP contribution in [0.25, 0.3) is 0 Å². The van der Waals surface area contributed by atoms with Crippen LogP contribution < -0.4 is 4.74 Å². The molecule has 0 bridgehead atoms. The van der Waals surface area contributed by atoms with Gasteiger partial charge in [-0.25, -0.2) is 0 Å². The number of carbonyl (C=O) groups excluding carboxylic acids is 1. The third-order valence-corrected chi connectivity index (χ3v) is 4.59. The van der Waals surface area contributed by atoms with Crippen molar-refractivity contribution >= 4 is 5.91 Å². The summed E-state index contributed by atoms with van der Waals surface area (Å²) >= 11 is 0. The molecule has 1 aliphatic heterocycles. The fourth-order valence-electron chi connectivity index (χ4n) is 3.04. The van der Waals surface area contributed by atoms with Crippen LogP contribution >= 0.6 is 0 Å². The number of benzene rings is 2. The van der Waals surface area contributed by atoms with Gasteiger partial charge in [0.05, 0.1) is 12.7 Å². The van der Waals surface area contributed by atoms with Crippen LogP contribution in [0.5, 0.6) is 5.75 Å². The molecule has 1 fully saturated rings. The Labute approximate surface area is 155 Å². The Morgan fingerprint density at radius 1 is 1.11 bits per heavy atom. The molecular weight excluding hydrogens is 355 g/mol. The lowest BCUT2D eigenvalue weighted by atomic mass is 9.98. The molecule has 2 aromatic carbocycles. The molecule has 1 unspecified atom stereocenters. The van der Waals surface area contributed by atoms with Gasteiger partial charge in [-0.05, 0) is 48.4 Å². The van der Waals surface area contributed by atoms with Crippen molar-refractivity contribution in [2.24, 2.45) is 0 Å². The van der Waals surface area contributed by atoms with Crippen LogP contribution in [0.1, 0.15) is 29.0 Å². The monoisotopic (exact) mass is 373 g/mol. The van der Waals surface area contributed by atoms with Crippen molar-refractivity contribution in [3.63, 3.8) is 0 Å². The van der Waals surface area contributed by atoms with E-state index in [4.69, 9.17) is 4.74 Å². The normalized spacial score (nSPS) is 16.6. The van der Waals surface area contributed by atoms with E-state index in [2.05, 4.69) is 11.8 Å². The maximum Gasteiger partial charge on any atom is 0.416 e. The van der Waals surface area contributed by atoms with E-state index in [0.29, 0.717) is 18.7 Å². The average Bonchev–Trinajstić information content (AvgIpc) is 3.16. The van der Waals surface area contributed by atoms with Crippen LogP contribution in [0.15, 0.2) is 48.5 Å². The molecule has 1 aliphatic rings. The standard InChI is InChI=1S/C21H18F3NO2/c1-27-19-9-5-16(6-10-19)17-12-13-25(14-17)20(26)11-4-15-2-7-18(8-3-15)21(22,23)24/h2-3,5-10,17H,12-14H2,1H3. The maximum absolute atomic E-state index is 12.6. The predicted octanol–water partition coefficient (Wildman–Crippen LogP) is 4.08. The molecule has 140 valence electrons. The van der Waals surface area contributed by atoms with E-state index in [-0.39, 0.29) is 11.8 Å². The molecule has 0 saturated carbocycles. The Bertz CT molecular complexity index is 862. The number of methoxy groups -OCH3 is 1. The molecule has 0 radical (unpaired) electrons. The van der Waals surface area contributed by atoms with E-state index in [9.17, 15) is 18.0 Å². The summed E-state index contributed by atoms with van der Waals surface area (Å²) < 4.78 is 42.8. The molecule has 3 rings (SSSR count). The first-order chi connectivity index (χ1) is 12.9. The molecule has 0 N–H and O–H groups in total. The molecule has 2 aromatic rings. The lowest BCUT2D eigenvalue weighted by Gasteiger charge is -2.13. The predicted molar refractivity (Wildman–Crippen MR) is 95.3 cm³/mol. The van der Waals surface area contributed by atoms with Crippen molar-refractivity contribution in [3.8, 4) is 17.6 Å². The highest BCUT2D eigenvalue weighted by Crippen LogP contribution is 2.29. The van der Waals surface area contributed by atoms with Crippen molar-refractivity contribution < 1.29 is 22.7 Å². The number of carbonyl (C=O) groups is 1. The SMILES string of the molecule is COc1ccc(C2CCN(C(=O)C#Cc3ccc(C(F)(F)F)cc3)C2)cc1. The van der Waals surface area contributed by atoms with Gasteiger partial charge in [-0.3, -0.25) is 4.79 Å². The highest BCUT2D eigenvalue weighted by Gasteiger charge is 2.30. The maximum atomic E-state index is 12.6. The molecule has 27 heavy (non-hydrogen) atoms. The molecule has 0 spiro atoms. The minimum Gasteiger partial charge on any atom is -0.497 e. The van der Waals surface area contributed by atoms with Gasteiger partial charge in [-0.2, -0.15) is 13.2 Å². The van der Waals surface area contributed by atoms with E-state index in [1.807, 2.05) is 24.3 Å². The Kier molecular flexibility index (Phi) is 5.41. The second kappa shape index (κ2) is 7.75. The minimum atomic E-state index is -4.38. The topological polar surface area (TPSA) is 29.5 Å². The zero-order chi connectivity index (χ0) is 19.4. The molecule has 1 saturated heterocycles. The third kappa shape index (κ3) is 4.62. The molecule has 0 aliphatic carbocycles.